The largest absolute Gasteiger partial charge is 0.458 e. The highest BCUT2D eigenvalue weighted by molar-refractivity contribution is 5.85. The maximum Gasteiger partial charge on any atom is 0.331 e. The van der Waals surface area contributed by atoms with Gasteiger partial charge in [-0.05, 0) is 92.4 Å². The predicted octanol–water partition coefficient (Wildman–Crippen LogP) is 2.07. The normalized spacial score (nSPS) is 54.4. The number of carbonyl (C=O) groups excluding carboxylic acids is 1. The summed E-state index contributed by atoms with van der Waals surface area (Å²) < 4.78 is 17.0. The molecule has 4 aliphatic carbocycles. The van der Waals surface area contributed by atoms with Crippen LogP contribution in [0.2, 0.25) is 0 Å². The van der Waals surface area contributed by atoms with Crippen molar-refractivity contribution in [3.8, 4) is 0 Å². The van der Waals surface area contributed by atoms with Crippen molar-refractivity contribution in [2.45, 2.75) is 108 Å². The number of ether oxygens (including phenoxy) is 3. The fourth-order valence-electron chi connectivity index (χ4n) is 9.66. The van der Waals surface area contributed by atoms with Gasteiger partial charge in [-0.1, -0.05) is 13.8 Å². The quantitative estimate of drug-likeness (QED) is 0.427. The second kappa shape index (κ2) is 8.75. The molecule has 0 aromatic heterocycles. The summed E-state index contributed by atoms with van der Waals surface area (Å²) in [6, 6.07) is 0. The Hall–Kier alpha value is -1.03. The van der Waals surface area contributed by atoms with E-state index in [1.807, 2.05) is 0 Å². The van der Waals surface area contributed by atoms with Crippen LogP contribution in [0.4, 0.5) is 0 Å². The molecule has 8 heteroatoms. The lowest BCUT2D eigenvalue weighted by molar-refractivity contribution is -0.231. The van der Waals surface area contributed by atoms with Gasteiger partial charge in [-0.2, -0.15) is 0 Å². The number of hydrogen-bond acceptors (Lipinski definition) is 8. The molecule has 4 N–H and O–H groups in total. The van der Waals surface area contributed by atoms with Crippen LogP contribution in [0.25, 0.3) is 0 Å². The summed E-state index contributed by atoms with van der Waals surface area (Å²) in [5, 5.41) is 42.1. The van der Waals surface area contributed by atoms with Crippen molar-refractivity contribution in [3.05, 3.63) is 11.6 Å². The Morgan fingerprint density at radius 2 is 1.83 bits per heavy atom. The first-order valence-corrected chi connectivity index (χ1v) is 14.0. The number of fused-ring (bicyclic) bond motifs is 5. The lowest BCUT2D eigenvalue weighted by Crippen LogP contribution is -2.62. The zero-order chi connectivity index (χ0) is 25.5. The van der Waals surface area contributed by atoms with Crippen molar-refractivity contribution in [3.63, 3.8) is 0 Å². The lowest BCUT2D eigenvalue weighted by Gasteiger charge is -2.63. The third-order valence-corrected chi connectivity index (χ3v) is 11.8. The molecule has 2 aliphatic heterocycles. The molecular weight excluding hydrogens is 464 g/mol. The van der Waals surface area contributed by atoms with Crippen LogP contribution in [0.1, 0.15) is 71.6 Å². The Morgan fingerprint density at radius 3 is 2.53 bits per heavy atom. The molecule has 12 atom stereocenters. The van der Waals surface area contributed by atoms with Crippen molar-refractivity contribution in [1.82, 2.24) is 0 Å². The number of aliphatic hydroxyl groups excluding tert-OH is 3. The van der Waals surface area contributed by atoms with Gasteiger partial charge in [0.2, 0.25) is 0 Å². The van der Waals surface area contributed by atoms with Crippen LogP contribution in [0, 0.1) is 34.5 Å². The van der Waals surface area contributed by atoms with Gasteiger partial charge in [0.1, 0.15) is 24.9 Å². The monoisotopic (exact) mass is 506 g/mol. The SMILES string of the molecule is C[C@]12CC[C@H](O[C@@H]3O[C@@H](CO)[C@H](O)[C@H]3O)C[C@H]1CC[C@@H]1[C@@H]2CC[C@]2(C)[C@@H](C3=CC(=O)OC3)CCC12O. The van der Waals surface area contributed by atoms with E-state index in [2.05, 4.69) is 13.8 Å². The molecule has 0 bridgehead atoms. The van der Waals surface area contributed by atoms with E-state index in [-0.39, 0.29) is 41.3 Å². The number of hydrogen-bond donors (Lipinski definition) is 4. The average Bonchev–Trinajstić information content (AvgIpc) is 3.48. The first-order valence-electron chi connectivity index (χ1n) is 14.0. The van der Waals surface area contributed by atoms with Gasteiger partial charge in [0, 0.05) is 11.5 Å². The number of cyclic esters (lactones) is 1. The summed E-state index contributed by atoms with van der Waals surface area (Å²) >= 11 is 0. The first-order chi connectivity index (χ1) is 17.1. The van der Waals surface area contributed by atoms with Crippen LogP contribution >= 0.6 is 0 Å². The van der Waals surface area contributed by atoms with Crippen LogP contribution in [0.15, 0.2) is 11.6 Å². The van der Waals surface area contributed by atoms with E-state index >= 15 is 0 Å². The van der Waals surface area contributed by atoms with Crippen molar-refractivity contribution < 1.29 is 39.4 Å². The average molecular weight is 507 g/mol. The highest BCUT2D eigenvalue weighted by Gasteiger charge is 2.67. The standard InChI is InChI=1S/C28H42O8/c1-26-8-5-17(35-25-24(32)23(31)21(13-29)36-25)12-16(26)3-4-20-19(26)6-9-27(2)18(7-10-28(20,27)33)15-11-22(30)34-14-15/h11,16-21,23-25,29,31-33H,3-10,12-14H2,1-2H3/t16-,17+,18-,19+,20-,21+,23+,24-,25-,26+,27-,28?/m1/s1. The molecule has 2 heterocycles. The maximum absolute atomic E-state index is 12.3. The molecule has 6 rings (SSSR count). The topological polar surface area (TPSA) is 126 Å². The second-order valence-electron chi connectivity index (χ2n) is 13.0. The molecule has 1 saturated heterocycles. The summed E-state index contributed by atoms with van der Waals surface area (Å²) in [4.78, 5) is 11.8. The van der Waals surface area contributed by atoms with Crippen LogP contribution in [0.3, 0.4) is 0 Å². The molecule has 6 aliphatic rings. The Balaban J connectivity index is 1.16. The highest BCUT2D eigenvalue weighted by atomic mass is 16.7. The van der Waals surface area contributed by atoms with Crippen molar-refractivity contribution >= 4 is 5.97 Å². The van der Waals surface area contributed by atoms with Crippen LogP contribution < -0.4 is 0 Å². The molecule has 0 amide bonds. The summed E-state index contributed by atoms with van der Waals surface area (Å²) in [7, 11) is 0. The summed E-state index contributed by atoms with van der Waals surface area (Å²) in [5.74, 6) is 1.16. The van der Waals surface area contributed by atoms with Gasteiger partial charge in [-0.25, -0.2) is 4.79 Å². The van der Waals surface area contributed by atoms with Crippen molar-refractivity contribution in [2.24, 2.45) is 34.5 Å². The van der Waals surface area contributed by atoms with E-state index in [4.69, 9.17) is 14.2 Å². The van der Waals surface area contributed by atoms with Crippen molar-refractivity contribution in [2.75, 3.05) is 13.2 Å². The Labute approximate surface area is 213 Å². The maximum atomic E-state index is 12.3. The number of aliphatic hydroxyl groups is 4. The molecule has 8 nitrogen and oxygen atoms in total. The van der Waals surface area contributed by atoms with Gasteiger partial charge in [0.15, 0.2) is 6.29 Å². The molecule has 0 aromatic rings. The number of rotatable bonds is 4. The number of carbonyl (C=O) groups is 1. The van der Waals surface area contributed by atoms with E-state index in [9.17, 15) is 25.2 Å². The van der Waals surface area contributed by atoms with Crippen LogP contribution in [0.5, 0.6) is 0 Å². The summed E-state index contributed by atoms with van der Waals surface area (Å²) in [5.41, 5.74) is 0.258. The molecule has 0 radical (unpaired) electrons. The minimum Gasteiger partial charge on any atom is -0.458 e. The minimum absolute atomic E-state index is 0.0523. The smallest absolute Gasteiger partial charge is 0.331 e. The molecule has 36 heavy (non-hydrogen) atoms. The third kappa shape index (κ3) is 3.51. The van der Waals surface area contributed by atoms with Gasteiger partial charge in [0.25, 0.3) is 0 Å². The number of esters is 1. The Kier molecular flexibility index (Phi) is 6.14. The fourth-order valence-corrected chi connectivity index (χ4v) is 9.66. The fraction of sp³-hybridized carbons (Fsp3) is 0.893. The van der Waals surface area contributed by atoms with Crippen LogP contribution in [-0.4, -0.2) is 75.9 Å². The Morgan fingerprint density at radius 1 is 1.03 bits per heavy atom. The molecule has 1 unspecified atom stereocenters. The lowest BCUT2D eigenvalue weighted by atomic mass is 9.43. The van der Waals surface area contributed by atoms with E-state index in [0.717, 1.165) is 63.4 Å². The van der Waals surface area contributed by atoms with Gasteiger partial charge in [0.05, 0.1) is 18.3 Å². The van der Waals surface area contributed by atoms with E-state index < -0.39 is 30.2 Å². The first kappa shape index (κ1) is 25.3. The highest BCUT2D eigenvalue weighted by Crippen LogP contribution is 2.70. The van der Waals surface area contributed by atoms with Gasteiger partial charge in [-0.15, -0.1) is 0 Å². The van der Waals surface area contributed by atoms with E-state index in [0.29, 0.717) is 18.4 Å². The van der Waals surface area contributed by atoms with E-state index in [1.165, 1.54) is 0 Å². The second-order valence-corrected chi connectivity index (χ2v) is 13.0. The molecule has 4 saturated carbocycles. The van der Waals surface area contributed by atoms with Gasteiger partial charge >= 0.3 is 5.97 Å². The predicted molar refractivity (Wildman–Crippen MR) is 128 cm³/mol. The van der Waals surface area contributed by atoms with Crippen LogP contribution in [-0.2, 0) is 19.0 Å². The molecule has 202 valence electrons. The Bertz CT molecular complexity index is 921. The molecular formula is C28H42O8. The minimum atomic E-state index is -1.15. The van der Waals surface area contributed by atoms with Crippen molar-refractivity contribution in [1.29, 1.82) is 0 Å². The molecule has 0 spiro atoms. The van der Waals surface area contributed by atoms with E-state index in [1.54, 1.807) is 6.08 Å². The molecule has 0 aromatic carbocycles. The van der Waals surface area contributed by atoms with Gasteiger partial charge < -0.3 is 34.6 Å². The zero-order valence-electron chi connectivity index (χ0n) is 21.5. The zero-order valence-corrected chi connectivity index (χ0v) is 21.5. The third-order valence-electron chi connectivity index (χ3n) is 11.8. The summed E-state index contributed by atoms with van der Waals surface area (Å²) in [6.45, 7) is 4.70. The summed E-state index contributed by atoms with van der Waals surface area (Å²) in [6.07, 6.45) is 6.15. The molecule has 5 fully saturated rings. The van der Waals surface area contributed by atoms with Gasteiger partial charge in [-0.3, -0.25) is 0 Å².